The van der Waals surface area contributed by atoms with Gasteiger partial charge in [0, 0.05) is 60.6 Å². The van der Waals surface area contributed by atoms with Crippen LogP contribution in [0.15, 0.2) is 0 Å². The van der Waals surface area contributed by atoms with Crippen molar-refractivity contribution in [1.82, 2.24) is 10.6 Å². The normalized spacial score (nSPS) is 12.3. The van der Waals surface area contributed by atoms with Crippen molar-refractivity contribution in [2.45, 2.75) is 245 Å². The third-order valence-corrected chi connectivity index (χ3v) is 9.87. The molecule has 0 radical (unpaired) electrons. The van der Waals surface area contributed by atoms with Crippen LogP contribution in [0.5, 0.6) is 0 Å². The molecule has 0 spiro atoms. The summed E-state index contributed by atoms with van der Waals surface area (Å²) in [4.78, 5) is 34.0. The van der Waals surface area contributed by atoms with Gasteiger partial charge in [-0.3, -0.25) is 9.59 Å². The Labute approximate surface area is 368 Å². The fraction of sp³-hybridized carbons (Fsp3) is 0.915. The molecule has 0 aromatic heterocycles. The second kappa shape index (κ2) is 46.2. The molecule has 0 aliphatic rings. The third-order valence-electron chi connectivity index (χ3n) is 9.87. The molecule has 0 rings (SSSR count). The summed E-state index contributed by atoms with van der Waals surface area (Å²) < 4.78 is 16.5. The van der Waals surface area contributed by atoms with Gasteiger partial charge in [0.05, 0.1) is 17.8 Å². The van der Waals surface area contributed by atoms with E-state index in [0.717, 1.165) is 32.1 Å². The van der Waals surface area contributed by atoms with Crippen molar-refractivity contribution in [3.05, 3.63) is 6.92 Å². The molecule has 0 saturated heterocycles. The van der Waals surface area contributed by atoms with Gasteiger partial charge in [-0.15, -0.1) is 0 Å². The number of carbonyl (C=O) groups excluding carboxylic acids is 3. The van der Waals surface area contributed by atoms with Gasteiger partial charge in [-0.2, -0.15) is 0 Å². The number of likely N-dealkylation sites (N-methyl/N-ethyl adjacent to an activating group) is 1. The Morgan fingerprint density at radius 1 is 0.702 bits per heavy atom. The summed E-state index contributed by atoms with van der Waals surface area (Å²) in [7, 11) is 3.63. The van der Waals surface area contributed by atoms with Crippen LogP contribution >= 0.6 is 0 Å². The van der Waals surface area contributed by atoms with Crippen LogP contribution in [-0.4, -0.2) is 80.5 Å². The number of amides is 1. The van der Waals surface area contributed by atoms with Gasteiger partial charge in [-0.1, -0.05) is 155 Å². The molecular formula is C47H95N2O7W-. The first-order valence-electron chi connectivity index (χ1n) is 23.0. The molecular weight excluding hydrogens is 888 g/mol. The quantitative estimate of drug-likeness (QED) is 0.0243. The summed E-state index contributed by atoms with van der Waals surface area (Å²) in [5.74, 6) is -0.355. The molecule has 0 fully saturated rings. The topological polar surface area (TPSA) is 123 Å². The molecule has 10 heteroatoms. The second-order valence-corrected chi connectivity index (χ2v) is 16.8. The molecule has 1 amide bonds. The van der Waals surface area contributed by atoms with Gasteiger partial charge in [0.1, 0.15) is 12.4 Å². The predicted molar refractivity (Wildman–Crippen MR) is 237 cm³/mol. The average Bonchev–Trinajstić information content (AvgIpc) is 3.16. The standard InChI is InChI=1S/C24H44NO4.C13H28O.C10H23NO2.W/c1-4-6-7-8-9-10-11-12-13-14-15-18-24(28)29-22(5-2)20-21(3)25-23(27)17-16-19-26;1-2-3-4-5-6-7-8-9-10-11-12-13-14;1-9(2,7-11-5)13-8-10(3,4)12-6;/h19,21-22H,3-18,20H2,1-2H3,(H,25,27);14H,2-13H2,1H3;11H,7-8H2,1-6H3;/q-1;;;. The van der Waals surface area contributed by atoms with E-state index in [1.54, 1.807) is 7.11 Å². The molecule has 57 heavy (non-hydrogen) atoms. The molecule has 0 heterocycles. The van der Waals surface area contributed by atoms with E-state index < -0.39 is 0 Å². The minimum atomic E-state index is -0.325. The van der Waals surface area contributed by atoms with E-state index >= 15 is 0 Å². The number of aliphatic hydroxyl groups is 1. The van der Waals surface area contributed by atoms with Gasteiger partial charge in [0.25, 0.3) is 0 Å². The van der Waals surface area contributed by atoms with Crippen LogP contribution in [0, 0.1) is 6.92 Å². The van der Waals surface area contributed by atoms with Crippen molar-refractivity contribution in [2.75, 3.05) is 33.9 Å². The number of rotatable bonds is 37. The number of hydrogen-bond donors (Lipinski definition) is 3. The minimum Gasteiger partial charge on any atom is -0.462 e. The van der Waals surface area contributed by atoms with E-state index in [9.17, 15) is 14.4 Å². The van der Waals surface area contributed by atoms with E-state index in [-0.39, 0.29) is 69.1 Å². The number of nitrogens with one attached hydrogen (secondary N) is 2. The zero-order chi connectivity index (χ0) is 42.8. The maximum absolute atomic E-state index is 12.0. The maximum Gasteiger partial charge on any atom is 0.306 e. The summed E-state index contributed by atoms with van der Waals surface area (Å²) in [5, 5.41) is 14.4. The summed E-state index contributed by atoms with van der Waals surface area (Å²) in [5.41, 5.74) is -0.338. The van der Waals surface area contributed by atoms with E-state index in [4.69, 9.17) is 19.3 Å². The van der Waals surface area contributed by atoms with Crippen LogP contribution in [0.2, 0.25) is 0 Å². The Kier molecular flexibility index (Phi) is 50.9. The van der Waals surface area contributed by atoms with Gasteiger partial charge >= 0.3 is 5.97 Å². The van der Waals surface area contributed by atoms with Crippen LogP contribution in [0.25, 0.3) is 0 Å². The first kappa shape index (κ1) is 62.8. The first-order chi connectivity index (χ1) is 26.8. The summed E-state index contributed by atoms with van der Waals surface area (Å²) >= 11 is 0. The smallest absolute Gasteiger partial charge is 0.306 e. The van der Waals surface area contributed by atoms with E-state index in [2.05, 4.69) is 45.3 Å². The van der Waals surface area contributed by atoms with Crippen molar-refractivity contribution in [2.24, 2.45) is 0 Å². The first-order valence-corrected chi connectivity index (χ1v) is 23.0. The number of hydrogen-bond acceptors (Lipinski definition) is 8. The monoisotopic (exact) mass is 984 g/mol. The largest absolute Gasteiger partial charge is 0.462 e. The van der Waals surface area contributed by atoms with Crippen LogP contribution in [0.1, 0.15) is 222 Å². The molecule has 9 nitrogen and oxygen atoms in total. The summed E-state index contributed by atoms with van der Waals surface area (Å²) in [6.45, 7) is 20.4. The molecule has 0 aliphatic carbocycles. The number of aliphatic hydroxyl groups excluding tert-OH is 1. The summed E-state index contributed by atoms with van der Waals surface area (Å²) in [6, 6.07) is -0.325. The Bertz CT molecular complexity index is 848. The van der Waals surface area contributed by atoms with Crippen molar-refractivity contribution < 1.29 is 54.8 Å². The number of esters is 1. The number of aldehydes is 1. The maximum atomic E-state index is 12.0. The van der Waals surface area contributed by atoms with Gasteiger partial charge in [-0.25, -0.2) is 0 Å². The Hall–Kier alpha value is -0.862. The van der Waals surface area contributed by atoms with Crippen molar-refractivity contribution in [3.8, 4) is 0 Å². The van der Waals surface area contributed by atoms with Crippen molar-refractivity contribution in [3.63, 3.8) is 0 Å². The van der Waals surface area contributed by atoms with Crippen molar-refractivity contribution >= 4 is 18.2 Å². The third kappa shape index (κ3) is 51.2. The van der Waals surface area contributed by atoms with Gasteiger partial charge < -0.3 is 41.7 Å². The molecule has 0 saturated carbocycles. The Morgan fingerprint density at radius 3 is 1.53 bits per heavy atom. The zero-order valence-electron chi connectivity index (χ0n) is 39.0. The van der Waals surface area contributed by atoms with Gasteiger partial charge in [0.15, 0.2) is 0 Å². The predicted octanol–water partition coefficient (Wildman–Crippen LogP) is 11.4. The molecule has 0 bridgehead atoms. The molecule has 0 aliphatic heterocycles. The van der Waals surface area contributed by atoms with Crippen LogP contribution in [-0.2, 0) is 49.7 Å². The average molecular weight is 984 g/mol. The SMILES string of the molecule is CCCCCCCCCCCCCO.CNCC(C)(C)OCC(C)(C)OC.[CH2-]C(CC(CC)OC(=O)CCCCCCCCCCCCC)NC(=O)CCC=O.[W]. The van der Waals surface area contributed by atoms with Crippen LogP contribution in [0.4, 0.5) is 0 Å². The number of ether oxygens (including phenoxy) is 3. The van der Waals surface area contributed by atoms with Crippen LogP contribution in [0.3, 0.4) is 0 Å². The van der Waals surface area contributed by atoms with E-state index in [1.807, 2.05) is 27.8 Å². The Balaban J connectivity index is -0.000000417. The molecule has 0 aromatic carbocycles. The molecule has 3 N–H and O–H groups in total. The number of carbonyl (C=O) groups is 3. The number of unbranched alkanes of at least 4 members (excludes halogenated alkanes) is 20. The molecule has 0 aromatic rings. The second-order valence-electron chi connectivity index (χ2n) is 16.8. The molecule has 342 valence electrons. The van der Waals surface area contributed by atoms with Gasteiger partial charge in [-0.05, 0) is 60.4 Å². The van der Waals surface area contributed by atoms with Gasteiger partial charge in [0.2, 0.25) is 5.91 Å². The minimum absolute atomic E-state index is 0. The van der Waals surface area contributed by atoms with E-state index in [1.165, 1.54) is 122 Å². The van der Waals surface area contributed by atoms with Crippen LogP contribution < -0.4 is 10.6 Å². The fourth-order valence-electron chi connectivity index (χ4n) is 6.02. The summed E-state index contributed by atoms with van der Waals surface area (Å²) in [6.07, 6.45) is 31.1. The Morgan fingerprint density at radius 2 is 1.14 bits per heavy atom. The van der Waals surface area contributed by atoms with E-state index in [0.29, 0.717) is 32.5 Å². The molecule has 2 atom stereocenters. The fourth-order valence-corrected chi connectivity index (χ4v) is 6.02. The van der Waals surface area contributed by atoms with Crippen molar-refractivity contribution in [1.29, 1.82) is 0 Å². The zero-order valence-corrected chi connectivity index (χ0v) is 41.9. The molecule has 2 unspecified atom stereocenters. The number of methoxy groups -OCH3 is 1.